The highest BCUT2D eigenvalue weighted by Crippen LogP contribution is 2.36. The molecule has 4 rings (SSSR count). The molecule has 0 N–H and O–H groups in total. The number of morpholine rings is 1. The molecule has 168 valence electrons. The highest BCUT2D eigenvalue weighted by molar-refractivity contribution is 8.00. The zero-order valence-electron chi connectivity index (χ0n) is 17.2. The minimum atomic E-state index is -3.95. The second-order valence-corrected chi connectivity index (χ2v) is 10.0. The molecule has 0 atom stereocenters. The van der Waals surface area contributed by atoms with Gasteiger partial charge in [0.25, 0.3) is 5.69 Å². The molecule has 0 radical (unpaired) electrons. The fraction of sp³-hybridized carbons (Fsp3) is 0.300. The molecule has 0 aliphatic carbocycles. The fourth-order valence-corrected chi connectivity index (χ4v) is 6.04. The number of aromatic nitrogens is 3. The van der Waals surface area contributed by atoms with Crippen LogP contribution in [0, 0.1) is 10.1 Å². The molecular weight excluding hydrogens is 454 g/mol. The zero-order valence-corrected chi connectivity index (χ0v) is 18.9. The number of ether oxygens (including phenoxy) is 1. The first-order valence-corrected chi connectivity index (χ1v) is 12.1. The Kier molecular flexibility index (Phi) is 6.55. The van der Waals surface area contributed by atoms with E-state index in [0.717, 1.165) is 29.2 Å². The lowest BCUT2D eigenvalue weighted by molar-refractivity contribution is -0.385. The monoisotopic (exact) mass is 475 g/mol. The van der Waals surface area contributed by atoms with Crippen molar-refractivity contribution >= 4 is 27.5 Å². The first-order valence-electron chi connectivity index (χ1n) is 9.82. The number of rotatable bonds is 7. The van der Waals surface area contributed by atoms with E-state index >= 15 is 0 Å². The van der Waals surface area contributed by atoms with Gasteiger partial charge in [0.05, 0.1) is 18.1 Å². The molecule has 10 nitrogen and oxygen atoms in total. The molecule has 2 heterocycles. The summed E-state index contributed by atoms with van der Waals surface area (Å²) in [4.78, 5) is 10.9. The van der Waals surface area contributed by atoms with Gasteiger partial charge in [0.15, 0.2) is 5.16 Å². The van der Waals surface area contributed by atoms with Crippen LogP contribution in [0.4, 0.5) is 5.69 Å². The third-order valence-electron chi connectivity index (χ3n) is 5.06. The molecule has 1 aromatic heterocycles. The van der Waals surface area contributed by atoms with Gasteiger partial charge in [-0.3, -0.25) is 10.1 Å². The van der Waals surface area contributed by atoms with Gasteiger partial charge in [-0.1, -0.05) is 30.3 Å². The Hall–Kier alpha value is -2.80. The number of hydrogen-bond acceptors (Lipinski definition) is 8. The van der Waals surface area contributed by atoms with E-state index in [4.69, 9.17) is 4.74 Å². The van der Waals surface area contributed by atoms with Crippen molar-refractivity contribution in [3.63, 3.8) is 0 Å². The molecule has 1 aliphatic heterocycles. The summed E-state index contributed by atoms with van der Waals surface area (Å²) in [5.74, 6) is 0.721. The largest absolute Gasteiger partial charge is 0.379 e. The van der Waals surface area contributed by atoms with Crippen LogP contribution in [-0.2, 0) is 28.2 Å². The van der Waals surface area contributed by atoms with E-state index in [1.165, 1.54) is 16.4 Å². The van der Waals surface area contributed by atoms with E-state index in [1.807, 2.05) is 37.4 Å². The Morgan fingerprint density at radius 1 is 1.12 bits per heavy atom. The van der Waals surface area contributed by atoms with Crippen LogP contribution in [-0.4, -0.2) is 58.7 Å². The first-order chi connectivity index (χ1) is 15.4. The molecule has 1 saturated heterocycles. The van der Waals surface area contributed by atoms with Gasteiger partial charge in [-0.15, -0.1) is 10.2 Å². The smallest absolute Gasteiger partial charge is 0.270 e. The van der Waals surface area contributed by atoms with Crippen molar-refractivity contribution in [1.29, 1.82) is 0 Å². The number of hydrogen-bond donors (Lipinski definition) is 0. The summed E-state index contributed by atoms with van der Waals surface area (Å²) in [5.41, 5.74) is 0.786. The van der Waals surface area contributed by atoms with Crippen LogP contribution in [0.2, 0.25) is 0 Å². The second-order valence-electron chi connectivity index (χ2n) is 7.13. The number of benzene rings is 2. The molecule has 0 bridgehead atoms. The van der Waals surface area contributed by atoms with Gasteiger partial charge in [0.1, 0.15) is 10.7 Å². The molecule has 2 aromatic carbocycles. The lowest BCUT2D eigenvalue weighted by Gasteiger charge is -2.26. The van der Waals surface area contributed by atoms with E-state index in [-0.39, 0.29) is 36.9 Å². The zero-order chi connectivity index (χ0) is 22.7. The van der Waals surface area contributed by atoms with Crippen molar-refractivity contribution in [3.8, 4) is 0 Å². The Morgan fingerprint density at radius 2 is 1.84 bits per heavy atom. The molecule has 32 heavy (non-hydrogen) atoms. The van der Waals surface area contributed by atoms with Crippen molar-refractivity contribution in [2.45, 2.75) is 21.4 Å². The van der Waals surface area contributed by atoms with Crippen LogP contribution < -0.4 is 0 Å². The fourth-order valence-electron chi connectivity index (χ4n) is 3.29. The van der Waals surface area contributed by atoms with Gasteiger partial charge < -0.3 is 9.30 Å². The summed E-state index contributed by atoms with van der Waals surface area (Å²) in [5, 5.41) is 20.2. The maximum atomic E-state index is 13.3. The minimum absolute atomic E-state index is 0.119. The second kappa shape index (κ2) is 9.36. The highest BCUT2D eigenvalue weighted by atomic mass is 32.2. The van der Waals surface area contributed by atoms with Crippen molar-refractivity contribution in [1.82, 2.24) is 19.1 Å². The van der Waals surface area contributed by atoms with Crippen molar-refractivity contribution in [3.05, 3.63) is 70.0 Å². The predicted octanol–water partition coefficient (Wildman–Crippen LogP) is 2.49. The van der Waals surface area contributed by atoms with E-state index in [9.17, 15) is 18.5 Å². The number of nitro groups is 1. The van der Waals surface area contributed by atoms with Gasteiger partial charge in [-0.25, -0.2) is 8.42 Å². The number of non-ortho nitro benzene ring substituents is 1. The van der Waals surface area contributed by atoms with Gasteiger partial charge >= 0.3 is 0 Å². The van der Waals surface area contributed by atoms with Gasteiger partial charge in [0, 0.05) is 43.6 Å². The Morgan fingerprint density at radius 3 is 2.53 bits per heavy atom. The van der Waals surface area contributed by atoms with Crippen LogP contribution in [0.1, 0.15) is 11.4 Å². The predicted molar refractivity (Wildman–Crippen MR) is 117 cm³/mol. The van der Waals surface area contributed by atoms with E-state index in [1.54, 1.807) is 4.57 Å². The van der Waals surface area contributed by atoms with Crippen LogP contribution in [0.15, 0.2) is 63.5 Å². The number of nitrogens with zero attached hydrogens (tertiary/aromatic N) is 5. The lowest BCUT2D eigenvalue weighted by Crippen LogP contribution is -2.40. The average molecular weight is 476 g/mol. The van der Waals surface area contributed by atoms with Gasteiger partial charge in [-0.2, -0.15) is 4.31 Å². The quantitative estimate of drug-likeness (QED) is 0.377. The Bertz CT molecular complexity index is 1220. The molecule has 1 fully saturated rings. The molecule has 0 amide bonds. The van der Waals surface area contributed by atoms with Crippen molar-refractivity contribution < 1.29 is 18.1 Å². The normalized spacial score (nSPS) is 15.0. The summed E-state index contributed by atoms with van der Waals surface area (Å²) in [6.45, 7) is 0.951. The first kappa shape index (κ1) is 22.4. The molecule has 0 spiro atoms. The summed E-state index contributed by atoms with van der Waals surface area (Å²) in [7, 11) is -2.15. The molecular formula is C20H21N5O5S2. The average Bonchev–Trinajstić information content (AvgIpc) is 3.14. The van der Waals surface area contributed by atoms with E-state index < -0.39 is 14.9 Å². The molecule has 3 aromatic rings. The third-order valence-corrected chi connectivity index (χ3v) is 8.24. The van der Waals surface area contributed by atoms with Crippen LogP contribution in [0.5, 0.6) is 0 Å². The highest BCUT2D eigenvalue weighted by Gasteiger charge is 2.31. The molecule has 0 saturated carbocycles. The van der Waals surface area contributed by atoms with Crippen LogP contribution >= 0.6 is 11.8 Å². The standard InChI is InChI=1S/C20H21N5O5S2/c1-23-19(13-15-5-3-2-4-6-15)21-22-20(23)31-17-8-7-16(25(26)27)14-18(17)32(28,29)24-9-11-30-12-10-24/h2-8,14H,9-13H2,1H3. The van der Waals surface area contributed by atoms with Crippen molar-refractivity contribution in [2.75, 3.05) is 26.3 Å². The molecule has 0 unspecified atom stereocenters. The summed E-state index contributed by atoms with van der Waals surface area (Å²) in [6, 6.07) is 13.7. The molecule has 12 heteroatoms. The Balaban J connectivity index is 1.67. The minimum Gasteiger partial charge on any atom is -0.379 e. The van der Waals surface area contributed by atoms with E-state index in [2.05, 4.69) is 10.2 Å². The maximum Gasteiger partial charge on any atom is 0.270 e. The van der Waals surface area contributed by atoms with Crippen LogP contribution in [0.3, 0.4) is 0 Å². The Labute approximate surface area is 189 Å². The topological polar surface area (TPSA) is 120 Å². The van der Waals surface area contributed by atoms with Gasteiger partial charge in [0.2, 0.25) is 10.0 Å². The third kappa shape index (κ3) is 4.67. The SMILES string of the molecule is Cn1c(Cc2ccccc2)nnc1Sc1ccc([N+](=O)[O-])cc1S(=O)(=O)N1CCOCC1. The molecule has 1 aliphatic rings. The summed E-state index contributed by atoms with van der Waals surface area (Å²) < 4.78 is 34.9. The van der Waals surface area contributed by atoms with Gasteiger partial charge in [-0.05, 0) is 23.4 Å². The van der Waals surface area contributed by atoms with Crippen molar-refractivity contribution in [2.24, 2.45) is 7.05 Å². The number of sulfonamides is 1. The summed E-state index contributed by atoms with van der Waals surface area (Å²) in [6.07, 6.45) is 0.574. The lowest BCUT2D eigenvalue weighted by atomic mass is 10.1. The maximum absolute atomic E-state index is 13.3. The van der Waals surface area contributed by atoms with Crippen LogP contribution in [0.25, 0.3) is 0 Å². The number of nitro benzene ring substituents is 1. The van der Waals surface area contributed by atoms with E-state index in [0.29, 0.717) is 16.5 Å². The summed E-state index contributed by atoms with van der Waals surface area (Å²) >= 11 is 1.11.